The van der Waals surface area contributed by atoms with Crippen LogP contribution < -0.4 is 5.32 Å². The highest BCUT2D eigenvalue weighted by molar-refractivity contribution is 5.94. The second kappa shape index (κ2) is 10.6. The molecule has 3 aromatic rings. The minimum atomic E-state index is -0.456. The number of rotatable bonds is 8. The van der Waals surface area contributed by atoms with Crippen LogP contribution in [0.3, 0.4) is 0 Å². The summed E-state index contributed by atoms with van der Waals surface area (Å²) in [4.78, 5) is 26.3. The normalized spacial score (nSPS) is 14.2. The van der Waals surface area contributed by atoms with Gasteiger partial charge in [-0.25, -0.2) is 4.68 Å². The topological polar surface area (TPSA) is 103 Å². The number of aromatic nitrogens is 2. The average molecular weight is 464 g/mol. The van der Waals surface area contributed by atoms with Gasteiger partial charge in [0.25, 0.3) is 11.6 Å². The van der Waals surface area contributed by atoms with Crippen LogP contribution in [0.1, 0.15) is 28.0 Å². The van der Waals surface area contributed by atoms with Crippen LogP contribution in [0.15, 0.2) is 48.5 Å². The molecule has 1 aliphatic rings. The van der Waals surface area contributed by atoms with E-state index in [1.54, 1.807) is 18.2 Å². The summed E-state index contributed by atoms with van der Waals surface area (Å²) in [6.07, 6.45) is 0.820. The number of benzene rings is 2. The van der Waals surface area contributed by atoms with E-state index in [4.69, 9.17) is 4.74 Å². The molecule has 2 aromatic carbocycles. The number of aryl methyl sites for hydroxylation is 2. The summed E-state index contributed by atoms with van der Waals surface area (Å²) in [5, 5.41) is 18.9. The lowest BCUT2D eigenvalue weighted by Gasteiger charge is -2.26. The number of morpholine rings is 1. The third kappa shape index (κ3) is 5.49. The molecule has 0 spiro atoms. The zero-order valence-electron chi connectivity index (χ0n) is 19.5. The summed E-state index contributed by atoms with van der Waals surface area (Å²) < 4.78 is 6.85. The molecule has 0 unspecified atom stereocenters. The lowest BCUT2D eigenvalue weighted by atomic mass is 10.0. The van der Waals surface area contributed by atoms with Gasteiger partial charge in [0.2, 0.25) is 0 Å². The minimum Gasteiger partial charge on any atom is -0.379 e. The number of carbonyl (C=O) groups excluding carboxylic acids is 1. The van der Waals surface area contributed by atoms with Crippen LogP contribution in [0.2, 0.25) is 0 Å². The molecule has 1 aromatic heterocycles. The Kier molecular flexibility index (Phi) is 7.34. The first kappa shape index (κ1) is 23.6. The summed E-state index contributed by atoms with van der Waals surface area (Å²) in [5.41, 5.74) is 4.54. The van der Waals surface area contributed by atoms with Crippen LogP contribution in [-0.4, -0.2) is 64.9 Å². The van der Waals surface area contributed by atoms with E-state index in [2.05, 4.69) is 15.3 Å². The van der Waals surface area contributed by atoms with E-state index in [-0.39, 0.29) is 11.6 Å². The molecule has 178 valence electrons. The van der Waals surface area contributed by atoms with Crippen molar-refractivity contribution in [3.05, 3.63) is 75.5 Å². The second-order valence-corrected chi connectivity index (χ2v) is 8.47. The van der Waals surface area contributed by atoms with Gasteiger partial charge in [-0.1, -0.05) is 18.2 Å². The molecule has 0 bridgehead atoms. The van der Waals surface area contributed by atoms with E-state index in [1.165, 1.54) is 22.4 Å². The van der Waals surface area contributed by atoms with Gasteiger partial charge in [-0.05, 0) is 56.1 Å². The molecular formula is C25H29N5O4. The van der Waals surface area contributed by atoms with E-state index in [0.29, 0.717) is 23.6 Å². The van der Waals surface area contributed by atoms with E-state index >= 15 is 0 Å². The van der Waals surface area contributed by atoms with E-state index < -0.39 is 4.92 Å². The SMILES string of the molecule is Cc1ccc(-c2cc(C(=O)NCCCN3CCOCC3)n(-c3cccc([N+](=O)[O-])c3)n2)cc1C. The van der Waals surface area contributed by atoms with Crippen LogP contribution in [0, 0.1) is 24.0 Å². The third-order valence-electron chi connectivity index (χ3n) is 6.07. The fraction of sp³-hybridized carbons (Fsp3) is 0.360. The largest absolute Gasteiger partial charge is 0.379 e. The number of nitro benzene ring substituents is 1. The fourth-order valence-corrected chi connectivity index (χ4v) is 3.94. The van der Waals surface area contributed by atoms with Gasteiger partial charge in [-0.15, -0.1) is 0 Å². The number of nitrogens with zero attached hydrogens (tertiary/aromatic N) is 4. The number of hydrogen-bond acceptors (Lipinski definition) is 6. The predicted octanol–water partition coefficient (Wildman–Crippen LogP) is 3.52. The van der Waals surface area contributed by atoms with Gasteiger partial charge in [0.05, 0.1) is 29.5 Å². The maximum atomic E-state index is 13.1. The summed E-state index contributed by atoms with van der Waals surface area (Å²) in [7, 11) is 0. The standard InChI is InChI=1S/C25H29N5O4/c1-18-7-8-20(15-19(18)2)23-17-24(25(31)26-9-4-10-28-11-13-34-14-12-28)29(27-23)21-5-3-6-22(16-21)30(32)33/h3,5-8,15-17H,4,9-14H2,1-2H3,(H,26,31). The van der Waals surface area contributed by atoms with Crippen LogP contribution in [0.25, 0.3) is 16.9 Å². The molecule has 1 aliphatic heterocycles. The molecule has 34 heavy (non-hydrogen) atoms. The number of non-ortho nitro benzene ring substituents is 1. The summed E-state index contributed by atoms with van der Waals surface area (Å²) in [6.45, 7) is 8.79. The van der Waals surface area contributed by atoms with Crippen LogP contribution in [0.5, 0.6) is 0 Å². The highest BCUT2D eigenvalue weighted by Gasteiger charge is 2.19. The number of nitro groups is 1. The Morgan fingerprint density at radius 2 is 1.91 bits per heavy atom. The highest BCUT2D eigenvalue weighted by atomic mass is 16.6. The number of nitrogens with one attached hydrogen (secondary N) is 1. The number of hydrogen-bond donors (Lipinski definition) is 1. The molecule has 0 saturated carbocycles. The fourth-order valence-electron chi connectivity index (χ4n) is 3.94. The Hall–Kier alpha value is -3.56. The van der Waals surface area contributed by atoms with Crippen LogP contribution in [0.4, 0.5) is 5.69 Å². The quantitative estimate of drug-likeness (QED) is 0.312. The lowest BCUT2D eigenvalue weighted by Crippen LogP contribution is -2.38. The van der Waals surface area contributed by atoms with E-state index in [0.717, 1.165) is 50.4 Å². The Morgan fingerprint density at radius 3 is 2.65 bits per heavy atom. The van der Waals surface area contributed by atoms with Gasteiger partial charge in [0.1, 0.15) is 5.69 Å². The first-order chi connectivity index (χ1) is 16.4. The van der Waals surface area contributed by atoms with Gasteiger partial charge in [0.15, 0.2) is 0 Å². The van der Waals surface area contributed by atoms with Crippen molar-refractivity contribution in [3.63, 3.8) is 0 Å². The molecule has 0 radical (unpaired) electrons. The van der Waals surface area contributed by atoms with Crippen molar-refractivity contribution in [2.45, 2.75) is 20.3 Å². The van der Waals surface area contributed by atoms with E-state index in [9.17, 15) is 14.9 Å². The van der Waals surface area contributed by atoms with Crippen molar-refractivity contribution in [2.24, 2.45) is 0 Å². The number of ether oxygens (including phenoxy) is 1. The molecular weight excluding hydrogens is 434 g/mol. The molecule has 0 aliphatic carbocycles. The first-order valence-electron chi connectivity index (χ1n) is 11.4. The summed E-state index contributed by atoms with van der Waals surface area (Å²) >= 11 is 0. The summed E-state index contributed by atoms with van der Waals surface area (Å²) in [5.74, 6) is -0.268. The predicted molar refractivity (Wildman–Crippen MR) is 129 cm³/mol. The van der Waals surface area contributed by atoms with Crippen molar-refractivity contribution in [1.29, 1.82) is 0 Å². The van der Waals surface area contributed by atoms with E-state index in [1.807, 2.05) is 32.0 Å². The van der Waals surface area contributed by atoms with Crippen molar-refractivity contribution in [2.75, 3.05) is 39.4 Å². The molecule has 4 rings (SSSR count). The van der Waals surface area contributed by atoms with Crippen molar-refractivity contribution >= 4 is 11.6 Å². The molecule has 2 heterocycles. The monoisotopic (exact) mass is 463 g/mol. The summed E-state index contributed by atoms with van der Waals surface area (Å²) in [6, 6.07) is 13.9. The Bertz CT molecular complexity index is 1180. The maximum absolute atomic E-state index is 13.1. The zero-order valence-corrected chi connectivity index (χ0v) is 19.5. The molecule has 0 atom stereocenters. The first-order valence-corrected chi connectivity index (χ1v) is 11.4. The second-order valence-electron chi connectivity index (χ2n) is 8.47. The highest BCUT2D eigenvalue weighted by Crippen LogP contribution is 2.25. The molecule has 1 N–H and O–H groups in total. The van der Waals surface area contributed by atoms with Gasteiger partial charge in [0, 0.05) is 37.3 Å². The van der Waals surface area contributed by atoms with Gasteiger partial charge in [-0.3, -0.25) is 19.8 Å². The Balaban J connectivity index is 1.58. The van der Waals surface area contributed by atoms with Crippen molar-refractivity contribution < 1.29 is 14.5 Å². The molecule has 9 nitrogen and oxygen atoms in total. The molecule has 9 heteroatoms. The van der Waals surface area contributed by atoms with Crippen molar-refractivity contribution in [1.82, 2.24) is 20.0 Å². The third-order valence-corrected chi connectivity index (χ3v) is 6.07. The Morgan fingerprint density at radius 1 is 1.12 bits per heavy atom. The van der Waals surface area contributed by atoms with Crippen LogP contribution >= 0.6 is 0 Å². The zero-order chi connectivity index (χ0) is 24.1. The van der Waals surface area contributed by atoms with Crippen molar-refractivity contribution in [3.8, 4) is 16.9 Å². The number of carbonyl (C=O) groups is 1. The maximum Gasteiger partial charge on any atom is 0.271 e. The molecule has 1 saturated heterocycles. The Labute approximate surface area is 198 Å². The smallest absolute Gasteiger partial charge is 0.271 e. The average Bonchev–Trinajstić information content (AvgIpc) is 3.30. The molecule has 1 amide bonds. The lowest BCUT2D eigenvalue weighted by molar-refractivity contribution is -0.384. The van der Waals surface area contributed by atoms with Gasteiger partial charge < -0.3 is 10.1 Å². The van der Waals surface area contributed by atoms with Gasteiger partial charge in [-0.2, -0.15) is 5.10 Å². The number of amides is 1. The van der Waals surface area contributed by atoms with Crippen LogP contribution in [-0.2, 0) is 4.74 Å². The molecule has 1 fully saturated rings. The van der Waals surface area contributed by atoms with Gasteiger partial charge >= 0.3 is 0 Å². The minimum absolute atomic E-state index is 0.0578.